The van der Waals surface area contributed by atoms with E-state index in [9.17, 15) is 0 Å². The van der Waals surface area contributed by atoms with Crippen molar-refractivity contribution in [1.29, 1.82) is 0 Å². The van der Waals surface area contributed by atoms with Crippen molar-refractivity contribution in [2.45, 2.75) is 13.0 Å². The van der Waals surface area contributed by atoms with E-state index in [1.807, 2.05) is 18.2 Å². The highest BCUT2D eigenvalue weighted by atomic mass is 16.5. The first kappa shape index (κ1) is 14.3. The Morgan fingerprint density at radius 2 is 1.80 bits per heavy atom. The summed E-state index contributed by atoms with van der Waals surface area (Å²) in [6, 6.07) is 5.76. The van der Waals surface area contributed by atoms with Crippen LogP contribution in [0.5, 0.6) is 11.5 Å². The summed E-state index contributed by atoms with van der Waals surface area (Å²) in [4.78, 5) is 8.51. The van der Waals surface area contributed by atoms with Gasteiger partial charge in [0.1, 0.15) is 11.5 Å². The van der Waals surface area contributed by atoms with Gasteiger partial charge in [-0.25, -0.2) is 0 Å². The lowest BCUT2D eigenvalue weighted by atomic mass is 10.0. The highest BCUT2D eigenvalue weighted by Gasteiger charge is 2.16. The summed E-state index contributed by atoms with van der Waals surface area (Å²) in [5.41, 5.74) is 1.90. The van der Waals surface area contributed by atoms with Crippen LogP contribution in [0.15, 0.2) is 36.8 Å². The second-order valence-corrected chi connectivity index (χ2v) is 4.27. The van der Waals surface area contributed by atoms with Crippen molar-refractivity contribution in [1.82, 2.24) is 15.3 Å². The molecule has 1 unspecified atom stereocenters. The Labute approximate surface area is 119 Å². The molecular formula is C15H19N3O2. The SMILES string of the molecule is CCNC(c1cc(OC)cc(OC)c1)c1cnccn1. The topological polar surface area (TPSA) is 56.3 Å². The third kappa shape index (κ3) is 3.24. The van der Waals surface area contributed by atoms with Crippen molar-refractivity contribution in [3.63, 3.8) is 0 Å². The maximum Gasteiger partial charge on any atom is 0.122 e. The number of rotatable bonds is 6. The molecule has 0 bridgehead atoms. The van der Waals surface area contributed by atoms with E-state index in [1.54, 1.807) is 32.8 Å². The van der Waals surface area contributed by atoms with E-state index >= 15 is 0 Å². The zero-order valence-electron chi connectivity index (χ0n) is 12.0. The quantitative estimate of drug-likeness (QED) is 0.874. The van der Waals surface area contributed by atoms with Crippen molar-refractivity contribution in [3.8, 4) is 11.5 Å². The fraction of sp³-hybridized carbons (Fsp3) is 0.333. The average Bonchev–Trinajstić information content (AvgIpc) is 2.52. The van der Waals surface area contributed by atoms with Gasteiger partial charge < -0.3 is 14.8 Å². The van der Waals surface area contributed by atoms with Crippen LogP contribution in [0.4, 0.5) is 0 Å². The normalized spacial score (nSPS) is 11.9. The smallest absolute Gasteiger partial charge is 0.122 e. The van der Waals surface area contributed by atoms with Gasteiger partial charge in [0.2, 0.25) is 0 Å². The van der Waals surface area contributed by atoms with Crippen molar-refractivity contribution >= 4 is 0 Å². The fourth-order valence-corrected chi connectivity index (χ4v) is 2.05. The monoisotopic (exact) mass is 273 g/mol. The molecule has 1 heterocycles. The largest absolute Gasteiger partial charge is 0.497 e. The van der Waals surface area contributed by atoms with E-state index in [4.69, 9.17) is 9.47 Å². The van der Waals surface area contributed by atoms with E-state index in [-0.39, 0.29) is 6.04 Å². The minimum absolute atomic E-state index is 0.0438. The van der Waals surface area contributed by atoms with Crippen LogP contribution in [0.1, 0.15) is 24.2 Å². The molecule has 5 heteroatoms. The molecule has 106 valence electrons. The molecule has 5 nitrogen and oxygen atoms in total. The summed E-state index contributed by atoms with van der Waals surface area (Å²) in [5, 5.41) is 3.40. The lowest BCUT2D eigenvalue weighted by Gasteiger charge is -2.19. The average molecular weight is 273 g/mol. The number of hydrogen-bond donors (Lipinski definition) is 1. The molecule has 0 fully saturated rings. The summed E-state index contributed by atoms with van der Waals surface area (Å²) in [5.74, 6) is 1.51. The van der Waals surface area contributed by atoms with E-state index in [2.05, 4.69) is 22.2 Å². The van der Waals surface area contributed by atoms with Gasteiger partial charge in [-0.05, 0) is 24.2 Å². The van der Waals surface area contributed by atoms with Crippen molar-refractivity contribution < 1.29 is 9.47 Å². The Balaban J connectivity index is 2.43. The van der Waals surface area contributed by atoms with Crippen molar-refractivity contribution in [2.75, 3.05) is 20.8 Å². The van der Waals surface area contributed by atoms with Crippen LogP contribution in [0.25, 0.3) is 0 Å². The molecule has 0 saturated heterocycles. The van der Waals surface area contributed by atoms with Crippen LogP contribution in [0.2, 0.25) is 0 Å². The van der Waals surface area contributed by atoms with E-state index in [1.165, 1.54) is 0 Å². The summed E-state index contributed by atoms with van der Waals surface area (Å²) >= 11 is 0. The predicted molar refractivity (Wildman–Crippen MR) is 77.1 cm³/mol. The lowest BCUT2D eigenvalue weighted by Crippen LogP contribution is -2.23. The van der Waals surface area contributed by atoms with Gasteiger partial charge in [0.25, 0.3) is 0 Å². The zero-order chi connectivity index (χ0) is 14.4. The number of ether oxygens (including phenoxy) is 2. The zero-order valence-corrected chi connectivity index (χ0v) is 12.0. The maximum absolute atomic E-state index is 5.32. The van der Waals surface area contributed by atoms with Gasteiger partial charge in [0.05, 0.1) is 32.2 Å². The first-order chi connectivity index (χ1) is 9.78. The first-order valence-corrected chi connectivity index (χ1v) is 6.50. The molecular weight excluding hydrogens is 254 g/mol. The molecule has 0 saturated carbocycles. The summed E-state index contributed by atoms with van der Waals surface area (Å²) in [6.45, 7) is 2.88. The van der Waals surface area contributed by atoms with Gasteiger partial charge in [-0.2, -0.15) is 0 Å². The molecule has 0 amide bonds. The van der Waals surface area contributed by atoms with E-state index < -0.39 is 0 Å². The molecule has 0 aliphatic carbocycles. The van der Waals surface area contributed by atoms with E-state index in [0.29, 0.717) is 0 Å². The number of benzene rings is 1. The van der Waals surface area contributed by atoms with Crippen molar-refractivity contribution in [3.05, 3.63) is 48.0 Å². The Hall–Kier alpha value is -2.14. The Morgan fingerprint density at radius 3 is 2.30 bits per heavy atom. The molecule has 1 aromatic carbocycles. The number of methoxy groups -OCH3 is 2. The minimum Gasteiger partial charge on any atom is -0.497 e. The highest BCUT2D eigenvalue weighted by molar-refractivity contribution is 5.41. The molecule has 0 aliphatic heterocycles. The van der Waals surface area contributed by atoms with Crippen molar-refractivity contribution in [2.24, 2.45) is 0 Å². The Morgan fingerprint density at radius 1 is 1.10 bits per heavy atom. The molecule has 2 rings (SSSR count). The number of hydrogen-bond acceptors (Lipinski definition) is 5. The first-order valence-electron chi connectivity index (χ1n) is 6.50. The number of nitrogens with zero attached hydrogens (tertiary/aromatic N) is 2. The summed E-state index contributed by atoms with van der Waals surface area (Å²) < 4.78 is 10.6. The standard InChI is InChI=1S/C15H19N3O2/c1-4-17-15(14-10-16-5-6-18-14)11-7-12(19-2)9-13(8-11)20-3/h5-10,15,17H,4H2,1-3H3. The second-order valence-electron chi connectivity index (χ2n) is 4.27. The molecule has 20 heavy (non-hydrogen) atoms. The molecule has 1 N–H and O–H groups in total. The molecule has 0 aliphatic rings. The van der Waals surface area contributed by atoms with Gasteiger partial charge >= 0.3 is 0 Å². The number of nitrogens with one attached hydrogen (secondary N) is 1. The van der Waals surface area contributed by atoms with Crippen LogP contribution < -0.4 is 14.8 Å². The predicted octanol–water partition coefficient (Wildman–Crippen LogP) is 2.19. The van der Waals surface area contributed by atoms with Crippen LogP contribution in [0.3, 0.4) is 0 Å². The molecule has 0 radical (unpaired) electrons. The van der Waals surface area contributed by atoms with Crippen LogP contribution >= 0.6 is 0 Å². The van der Waals surface area contributed by atoms with Crippen LogP contribution in [-0.4, -0.2) is 30.7 Å². The Bertz CT molecular complexity index is 524. The summed E-state index contributed by atoms with van der Waals surface area (Å²) in [6.07, 6.45) is 5.12. The number of aromatic nitrogens is 2. The summed E-state index contributed by atoms with van der Waals surface area (Å²) in [7, 11) is 3.28. The van der Waals surface area contributed by atoms with Gasteiger partial charge in [0.15, 0.2) is 0 Å². The maximum atomic E-state index is 5.32. The Kier molecular flexibility index (Phi) is 4.90. The van der Waals surface area contributed by atoms with Gasteiger partial charge in [0, 0.05) is 18.5 Å². The van der Waals surface area contributed by atoms with Gasteiger partial charge in [-0.15, -0.1) is 0 Å². The van der Waals surface area contributed by atoms with Gasteiger partial charge in [-0.3, -0.25) is 9.97 Å². The van der Waals surface area contributed by atoms with Gasteiger partial charge in [-0.1, -0.05) is 6.92 Å². The van der Waals surface area contributed by atoms with Crippen LogP contribution in [-0.2, 0) is 0 Å². The third-order valence-electron chi connectivity index (χ3n) is 2.99. The van der Waals surface area contributed by atoms with Crippen LogP contribution in [0, 0.1) is 0 Å². The minimum atomic E-state index is -0.0438. The molecule has 2 aromatic rings. The lowest BCUT2D eigenvalue weighted by molar-refractivity contribution is 0.392. The molecule has 0 spiro atoms. The third-order valence-corrected chi connectivity index (χ3v) is 2.99. The second kappa shape index (κ2) is 6.86. The molecule has 1 atom stereocenters. The van der Waals surface area contributed by atoms with E-state index in [0.717, 1.165) is 29.3 Å². The fourth-order valence-electron chi connectivity index (χ4n) is 2.05. The highest BCUT2D eigenvalue weighted by Crippen LogP contribution is 2.28. The molecule has 1 aromatic heterocycles.